The van der Waals surface area contributed by atoms with E-state index < -0.39 is 0 Å². The standard InChI is InChI=1S/C22H24FN3O2/c23-18-6-8-19(9-7-18)24-20(27)16-25-12-14-26(15-13-25)21(28)22(10-11-22)17-4-2-1-3-5-17/h1-9H,10-16H2,(H,24,27). The highest BCUT2D eigenvalue weighted by atomic mass is 19.1. The van der Waals surface area contributed by atoms with Gasteiger partial charge in [0.15, 0.2) is 0 Å². The normalized spacial score (nSPS) is 18.5. The average Bonchev–Trinajstić information content (AvgIpc) is 3.52. The molecular weight excluding hydrogens is 357 g/mol. The molecule has 0 atom stereocenters. The van der Waals surface area contributed by atoms with Crippen LogP contribution >= 0.6 is 0 Å². The number of halogens is 1. The first-order chi connectivity index (χ1) is 13.6. The predicted molar refractivity (Wildman–Crippen MR) is 105 cm³/mol. The van der Waals surface area contributed by atoms with Crippen molar-refractivity contribution in [1.29, 1.82) is 0 Å². The van der Waals surface area contributed by atoms with Crippen molar-refractivity contribution >= 4 is 17.5 Å². The fourth-order valence-electron chi connectivity index (χ4n) is 3.86. The Labute approximate surface area is 164 Å². The quantitative estimate of drug-likeness (QED) is 0.866. The number of hydrogen-bond donors (Lipinski definition) is 1. The molecule has 0 bridgehead atoms. The summed E-state index contributed by atoms with van der Waals surface area (Å²) >= 11 is 0. The SMILES string of the molecule is O=C(CN1CCN(C(=O)C2(c3ccccc3)CC2)CC1)Nc1ccc(F)cc1. The van der Waals surface area contributed by atoms with Gasteiger partial charge in [-0.05, 0) is 42.7 Å². The topological polar surface area (TPSA) is 52.7 Å². The molecule has 0 unspecified atom stereocenters. The molecule has 5 nitrogen and oxygen atoms in total. The zero-order valence-electron chi connectivity index (χ0n) is 15.7. The molecule has 1 aliphatic heterocycles. The van der Waals surface area contributed by atoms with Crippen molar-refractivity contribution in [2.45, 2.75) is 18.3 Å². The van der Waals surface area contributed by atoms with E-state index in [1.807, 2.05) is 40.1 Å². The van der Waals surface area contributed by atoms with Crippen molar-refractivity contribution in [3.05, 3.63) is 66.0 Å². The fourth-order valence-corrected chi connectivity index (χ4v) is 3.86. The van der Waals surface area contributed by atoms with Crippen LogP contribution in [0, 0.1) is 5.82 Å². The Morgan fingerprint density at radius 3 is 2.18 bits per heavy atom. The molecule has 2 fully saturated rings. The average molecular weight is 381 g/mol. The maximum absolute atomic E-state index is 13.1. The highest BCUT2D eigenvalue weighted by Crippen LogP contribution is 2.49. The van der Waals surface area contributed by atoms with E-state index in [-0.39, 0.29) is 29.6 Å². The number of nitrogens with zero attached hydrogens (tertiary/aromatic N) is 2. The van der Waals surface area contributed by atoms with Gasteiger partial charge < -0.3 is 10.2 Å². The lowest BCUT2D eigenvalue weighted by Gasteiger charge is -2.36. The maximum atomic E-state index is 13.1. The lowest BCUT2D eigenvalue weighted by Crippen LogP contribution is -2.52. The van der Waals surface area contributed by atoms with Gasteiger partial charge in [0.05, 0.1) is 12.0 Å². The zero-order valence-corrected chi connectivity index (χ0v) is 15.7. The summed E-state index contributed by atoms with van der Waals surface area (Å²) in [5, 5.41) is 2.78. The maximum Gasteiger partial charge on any atom is 0.238 e. The number of hydrogen-bond acceptors (Lipinski definition) is 3. The Morgan fingerprint density at radius 1 is 0.929 bits per heavy atom. The van der Waals surface area contributed by atoms with E-state index in [0.717, 1.165) is 18.4 Å². The van der Waals surface area contributed by atoms with Crippen LogP contribution in [0.5, 0.6) is 0 Å². The van der Waals surface area contributed by atoms with Gasteiger partial charge in [0.2, 0.25) is 11.8 Å². The molecule has 0 spiro atoms. The highest BCUT2D eigenvalue weighted by Gasteiger charge is 2.53. The zero-order chi connectivity index (χ0) is 19.6. The minimum Gasteiger partial charge on any atom is -0.339 e. The number of piperazine rings is 1. The monoisotopic (exact) mass is 381 g/mol. The molecule has 146 valence electrons. The predicted octanol–water partition coefficient (Wildman–Crippen LogP) is 2.64. The van der Waals surface area contributed by atoms with Crippen LogP contribution in [-0.4, -0.2) is 54.3 Å². The molecule has 1 heterocycles. The summed E-state index contributed by atoms with van der Waals surface area (Å²) in [5.74, 6) is -0.244. The number of rotatable bonds is 5. The number of carbonyl (C=O) groups is 2. The molecule has 1 N–H and O–H groups in total. The number of carbonyl (C=O) groups excluding carboxylic acids is 2. The van der Waals surface area contributed by atoms with Crippen LogP contribution in [0.1, 0.15) is 18.4 Å². The molecule has 0 aromatic heterocycles. The van der Waals surface area contributed by atoms with E-state index in [2.05, 4.69) is 5.32 Å². The molecular formula is C22H24FN3O2. The minimum atomic E-state index is -0.331. The van der Waals surface area contributed by atoms with Gasteiger partial charge in [0.1, 0.15) is 5.82 Å². The van der Waals surface area contributed by atoms with Crippen LogP contribution in [0.15, 0.2) is 54.6 Å². The summed E-state index contributed by atoms with van der Waals surface area (Å²) in [6.45, 7) is 2.89. The Hall–Kier alpha value is -2.73. The molecule has 1 aliphatic carbocycles. The van der Waals surface area contributed by atoms with Crippen molar-refractivity contribution in [3.63, 3.8) is 0 Å². The van der Waals surface area contributed by atoms with E-state index in [9.17, 15) is 14.0 Å². The third-order valence-electron chi connectivity index (χ3n) is 5.64. The molecule has 2 amide bonds. The van der Waals surface area contributed by atoms with Crippen LogP contribution in [-0.2, 0) is 15.0 Å². The number of nitrogens with one attached hydrogen (secondary N) is 1. The van der Waals surface area contributed by atoms with Crippen LogP contribution < -0.4 is 5.32 Å². The second-order valence-corrected chi connectivity index (χ2v) is 7.57. The van der Waals surface area contributed by atoms with E-state index in [4.69, 9.17) is 0 Å². The summed E-state index contributed by atoms with van der Waals surface area (Å²) in [6.07, 6.45) is 1.83. The highest BCUT2D eigenvalue weighted by molar-refractivity contribution is 5.92. The summed E-state index contributed by atoms with van der Waals surface area (Å²) in [4.78, 5) is 29.3. The Bertz CT molecular complexity index is 842. The molecule has 28 heavy (non-hydrogen) atoms. The molecule has 6 heteroatoms. The number of anilines is 1. The first-order valence-corrected chi connectivity index (χ1v) is 9.69. The van der Waals surface area contributed by atoms with Gasteiger partial charge in [-0.1, -0.05) is 30.3 Å². The molecule has 2 aliphatic rings. The molecule has 4 rings (SSSR count). The first-order valence-electron chi connectivity index (χ1n) is 9.69. The van der Waals surface area contributed by atoms with E-state index in [1.165, 1.54) is 12.1 Å². The van der Waals surface area contributed by atoms with Gasteiger partial charge in [-0.25, -0.2) is 4.39 Å². The van der Waals surface area contributed by atoms with Crippen LogP contribution in [0.4, 0.5) is 10.1 Å². The Balaban J connectivity index is 1.28. The number of amides is 2. The minimum absolute atomic E-state index is 0.130. The van der Waals surface area contributed by atoms with Crippen molar-refractivity contribution < 1.29 is 14.0 Å². The lowest BCUT2D eigenvalue weighted by atomic mass is 9.94. The van der Waals surface area contributed by atoms with Crippen LogP contribution in [0.25, 0.3) is 0 Å². The smallest absolute Gasteiger partial charge is 0.238 e. The van der Waals surface area contributed by atoms with Crippen LogP contribution in [0.2, 0.25) is 0 Å². The third-order valence-corrected chi connectivity index (χ3v) is 5.64. The second kappa shape index (κ2) is 7.72. The van der Waals surface area contributed by atoms with Crippen molar-refractivity contribution in [2.24, 2.45) is 0 Å². The van der Waals surface area contributed by atoms with Crippen molar-refractivity contribution in [2.75, 3.05) is 38.0 Å². The van der Waals surface area contributed by atoms with Gasteiger partial charge in [0, 0.05) is 31.9 Å². The largest absolute Gasteiger partial charge is 0.339 e. The molecule has 2 aromatic rings. The van der Waals surface area contributed by atoms with E-state index in [0.29, 0.717) is 31.9 Å². The van der Waals surface area contributed by atoms with Gasteiger partial charge in [-0.15, -0.1) is 0 Å². The third kappa shape index (κ3) is 3.92. The lowest BCUT2D eigenvalue weighted by molar-refractivity contribution is -0.135. The number of benzene rings is 2. The van der Waals surface area contributed by atoms with E-state index >= 15 is 0 Å². The molecule has 2 aromatic carbocycles. The van der Waals surface area contributed by atoms with Crippen molar-refractivity contribution in [3.8, 4) is 0 Å². The van der Waals surface area contributed by atoms with Crippen LogP contribution in [0.3, 0.4) is 0 Å². The summed E-state index contributed by atoms with van der Waals surface area (Å²) in [7, 11) is 0. The van der Waals surface area contributed by atoms with Gasteiger partial charge in [-0.2, -0.15) is 0 Å². The fraction of sp³-hybridized carbons (Fsp3) is 0.364. The molecule has 1 saturated carbocycles. The summed E-state index contributed by atoms with van der Waals surface area (Å²) < 4.78 is 12.9. The first kappa shape index (κ1) is 18.6. The second-order valence-electron chi connectivity index (χ2n) is 7.57. The summed E-state index contributed by atoms with van der Waals surface area (Å²) in [5.41, 5.74) is 1.36. The van der Waals surface area contributed by atoms with Gasteiger partial charge in [-0.3, -0.25) is 14.5 Å². The van der Waals surface area contributed by atoms with E-state index in [1.54, 1.807) is 12.1 Å². The van der Waals surface area contributed by atoms with Gasteiger partial charge >= 0.3 is 0 Å². The Kier molecular flexibility index (Phi) is 5.13. The molecule has 0 radical (unpaired) electrons. The summed E-state index contributed by atoms with van der Waals surface area (Å²) in [6, 6.07) is 15.8. The molecule has 1 saturated heterocycles. The van der Waals surface area contributed by atoms with Crippen molar-refractivity contribution in [1.82, 2.24) is 9.80 Å². The van der Waals surface area contributed by atoms with Gasteiger partial charge in [0.25, 0.3) is 0 Å². The Morgan fingerprint density at radius 2 is 1.57 bits per heavy atom.